The Morgan fingerprint density at radius 1 is 0.882 bits per heavy atom. The van der Waals surface area contributed by atoms with E-state index in [1.807, 2.05) is 31.2 Å². The second kappa shape index (κ2) is 10.1. The number of amides is 2. The first kappa shape index (κ1) is 24.4. The summed E-state index contributed by atoms with van der Waals surface area (Å²) >= 11 is 0. The first-order valence-corrected chi connectivity index (χ1v) is 10.8. The van der Waals surface area contributed by atoms with Crippen molar-refractivity contribution in [3.05, 3.63) is 111 Å². The van der Waals surface area contributed by atoms with Gasteiger partial charge in [0.1, 0.15) is 5.70 Å². The van der Waals surface area contributed by atoms with Gasteiger partial charge in [-0.2, -0.15) is 0 Å². The molecule has 0 saturated carbocycles. The lowest BCUT2D eigenvalue weighted by atomic mass is 9.87. The summed E-state index contributed by atoms with van der Waals surface area (Å²) in [7, 11) is 0. The number of aryl methyl sites for hydroxylation is 1. The summed E-state index contributed by atoms with van der Waals surface area (Å²) in [5.74, 6) is -0.949. The molecule has 0 aliphatic heterocycles. The van der Waals surface area contributed by atoms with E-state index >= 15 is 0 Å². The highest BCUT2D eigenvalue weighted by atomic mass is 16.6. The van der Waals surface area contributed by atoms with Crippen LogP contribution in [0.4, 0.5) is 11.4 Å². The summed E-state index contributed by atoms with van der Waals surface area (Å²) in [6, 6.07) is 20.2. The second-order valence-corrected chi connectivity index (χ2v) is 9.01. The topological polar surface area (TPSA) is 101 Å². The Bertz CT molecular complexity index is 1220. The Labute approximate surface area is 198 Å². The van der Waals surface area contributed by atoms with Crippen molar-refractivity contribution in [3.8, 4) is 0 Å². The molecule has 0 atom stereocenters. The van der Waals surface area contributed by atoms with Gasteiger partial charge in [0.2, 0.25) is 0 Å². The molecule has 0 radical (unpaired) electrons. The molecule has 0 unspecified atom stereocenters. The molecule has 2 amide bonds. The molecule has 2 N–H and O–H groups in total. The van der Waals surface area contributed by atoms with Crippen LogP contribution in [0.1, 0.15) is 47.8 Å². The van der Waals surface area contributed by atoms with E-state index in [0.29, 0.717) is 16.8 Å². The molecule has 0 aliphatic carbocycles. The lowest BCUT2D eigenvalue weighted by Gasteiger charge is -2.19. The Balaban J connectivity index is 1.88. The Hall–Kier alpha value is -4.26. The number of non-ortho nitro benzene ring substituents is 1. The van der Waals surface area contributed by atoms with Crippen LogP contribution in [0.5, 0.6) is 0 Å². The van der Waals surface area contributed by atoms with E-state index in [2.05, 4.69) is 31.4 Å². The molecule has 0 heterocycles. The van der Waals surface area contributed by atoms with E-state index < -0.39 is 16.7 Å². The summed E-state index contributed by atoms with van der Waals surface area (Å²) in [5.41, 5.74) is 3.55. The van der Waals surface area contributed by atoms with Crippen LogP contribution in [0.25, 0.3) is 6.08 Å². The number of rotatable bonds is 6. The molecular weight excluding hydrogens is 430 g/mol. The molecule has 0 fully saturated rings. The quantitative estimate of drug-likeness (QED) is 0.285. The monoisotopic (exact) mass is 457 g/mol. The van der Waals surface area contributed by atoms with Crippen molar-refractivity contribution in [2.45, 2.75) is 33.1 Å². The minimum Gasteiger partial charge on any atom is -0.321 e. The smallest absolute Gasteiger partial charge is 0.272 e. The highest BCUT2D eigenvalue weighted by Gasteiger charge is 2.17. The maximum Gasteiger partial charge on any atom is 0.272 e. The van der Waals surface area contributed by atoms with Gasteiger partial charge in [0, 0.05) is 23.4 Å². The van der Waals surface area contributed by atoms with Crippen LogP contribution in [-0.4, -0.2) is 16.7 Å². The number of carbonyl (C=O) groups excluding carboxylic acids is 2. The van der Waals surface area contributed by atoms with Crippen LogP contribution in [0.3, 0.4) is 0 Å². The third-order valence-electron chi connectivity index (χ3n) is 5.23. The first-order valence-electron chi connectivity index (χ1n) is 10.8. The molecule has 3 rings (SSSR count). The van der Waals surface area contributed by atoms with Crippen LogP contribution >= 0.6 is 0 Å². The second-order valence-electron chi connectivity index (χ2n) is 9.01. The predicted octanol–water partition coefficient (Wildman–Crippen LogP) is 5.61. The van der Waals surface area contributed by atoms with E-state index in [0.717, 1.165) is 11.1 Å². The van der Waals surface area contributed by atoms with Crippen molar-refractivity contribution in [2.75, 3.05) is 5.32 Å². The number of nitrogens with zero attached hydrogens (tertiary/aromatic N) is 1. The van der Waals surface area contributed by atoms with E-state index in [1.54, 1.807) is 24.3 Å². The number of carbonyl (C=O) groups is 2. The van der Waals surface area contributed by atoms with E-state index in [-0.39, 0.29) is 16.8 Å². The summed E-state index contributed by atoms with van der Waals surface area (Å²) in [6.07, 6.45) is 1.48. The molecule has 0 spiro atoms. The molecule has 174 valence electrons. The standard InChI is InChI=1S/C27H27N3O4/c1-18-5-13-22(14-6-18)28-26(32)24(17-19-7-15-23(16-8-19)30(33)34)29-25(31)20-9-11-21(12-10-20)27(2,3)4/h5-17H,1-4H3,(H,28,32)(H,29,31)/b24-17-. The Morgan fingerprint density at radius 3 is 2.00 bits per heavy atom. The zero-order valence-electron chi connectivity index (χ0n) is 19.6. The molecule has 7 nitrogen and oxygen atoms in total. The minimum atomic E-state index is -0.512. The highest BCUT2D eigenvalue weighted by Crippen LogP contribution is 2.22. The number of hydrogen-bond acceptors (Lipinski definition) is 4. The normalized spacial score (nSPS) is 11.6. The van der Waals surface area contributed by atoms with E-state index in [1.165, 1.54) is 30.3 Å². The van der Waals surface area contributed by atoms with Gasteiger partial charge in [0.15, 0.2) is 0 Å². The molecule has 0 saturated heterocycles. The van der Waals surface area contributed by atoms with Crippen LogP contribution in [0, 0.1) is 17.0 Å². The van der Waals surface area contributed by atoms with Crippen molar-refractivity contribution < 1.29 is 14.5 Å². The average molecular weight is 458 g/mol. The van der Waals surface area contributed by atoms with Crippen LogP contribution in [0.15, 0.2) is 78.5 Å². The molecule has 3 aromatic rings. The first-order chi connectivity index (χ1) is 16.0. The number of nitrogens with one attached hydrogen (secondary N) is 2. The fourth-order valence-corrected chi connectivity index (χ4v) is 3.17. The molecular formula is C27H27N3O4. The highest BCUT2D eigenvalue weighted by molar-refractivity contribution is 6.10. The van der Waals surface area contributed by atoms with Crippen molar-refractivity contribution in [1.29, 1.82) is 0 Å². The molecule has 3 aromatic carbocycles. The van der Waals surface area contributed by atoms with Gasteiger partial charge in [-0.05, 0) is 65.9 Å². The molecule has 34 heavy (non-hydrogen) atoms. The third kappa shape index (κ3) is 6.38. The number of hydrogen-bond donors (Lipinski definition) is 2. The van der Waals surface area contributed by atoms with Gasteiger partial charge in [-0.1, -0.05) is 50.6 Å². The number of benzene rings is 3. The molecule has 0 aliphatic rings. The van der Waals surface area contributed by atoms with E-state index in [9.17, 15) is 19.7 Å². The summed E-state index contributed by atoms with van der Waals surface area (Å²) in [6.45, 7) is 8.20. The number of anilines is 1. The zero-order valence-corrected chi connectivity index (χ0v) is 19.6. The Morgan fingerprint density at radius 2 is 1.47 bits per heavy atom. The third-order valence-corrected chi connectivity index (χ3v) is 5.23. The number of nitro benzene ring substituents is 1. The SMILES string of the molecule is Cc1ccc(NC(=O)/C(=C/c2ccc([N+](=O)[O-])cc2)NC(=O)c2ccc(C(C)(C)C)cc2)cc1. The fraction of sp³-hybridized carbons (Fsp3) is 0.185. The van der Waals surface area contributed by atoms with Gasteiger partial charge >= 0.3 is 0 Å². The Kier molecular flexibility index (Phi) is 7.26. The summed E-state index contributed by atoms with van der Waals surface area (Å²) in [5, 5.41) is 16.4. The maximum absolute atomic E-state index is 13.0. The van der Waals surface area contributed by atoms with Gasteiger partial charge in [0.25, 0.3) is 17.5 Å². The van der Waals surface area contributed by atoms with Gasteiger partial charge in [-0.25, -0.2) is 0 Å². The molecule has 0 aromatic heterocycles. The van der Waals surface area contributed by atoms with Crippen molar-refractivity contribution in [2.24, 2.45) is 0 Å². The molecule has 7 heteroatoms. The number of nitro groups is 1. The zero-order chi connectivity index (χ0) is 24.9. The van der Waals surface area contributed by atoms with Crippen molar-refractivity contribution in [1.82, 2.24) is 5.32 Å². The average Bonchev–Trinajstić information content (AvgIpc) is 2.80. The van der Waals surface area contributed by atoms with Crippen LogP contribution < -0.4 is 10.6 Å². The van der Waals surface area contributed by atoms with Crippen LogP contribution in [0.2, 0.25) is 0 Å². The predicted molar refractivity (Wildman–Crippen MR) is 133 cm³/mol. The molecule has 0 bridgehead atoms. The maximum atomic E-state index is 13.0. The lowest BCUT2D eigenvalue weighted by molar-refractivity contribution is -0.384. The summed E-state index contributed by atoms with van der Waals surface area (Å²) < 4.78 is 0. The lowest BCUT2D eigenvalue weighted by Crippen LogP contribution is -2.30. The minimum absolute atomic E-state index is 0.0133. The van der Waals surface area contributed by atoms with Gasteiger partial charge in [0.05, 0.1) is 4.92 Å². The summed E-state index contributed by atoms with van der Waals surface area (Å²) in [4.78, 5) is 36.4. The van der Waals surface area contributed by atoms with Crippen molar-refractivity contribution in [3.63, 3.8) is 0 Å². The van der Waals surface area contributed by atoms with Gasteiger partial charge in [-0.15, -0.1) is 0 Å². The van der Waals surface area contributed by atoms with Crippen LogP contribution in [-0.2, 0) is 10.2 Å². The fourth-order valence-electron chi connectivity index (χ4n) is 3.17. The van der Waals surface area contributed by atoms with Gasteiger partial charge < -0.3 is 10.6 Å². The van der Waals surface area contributed by atoms with E-state index in [4.69, 9.17) is 0 Å². The van der Waals surface area contributed by atoms with Gasteiger partial charge in [-0.3, -0.25) is 19.7 Å². The largest absolute Gasteiger partial charge is 0.321 e. The van der Waals surface area contributed by atoms with Crippen molar-refractivity contribution >= 4 is 29.3 Å².